The number of thiazole rings is 1. The van der Waals surface area contributed by atoms with Crippen LogP contribution in [0.1, 0.15) is 36.1 Å². The molecular weight excluding hydrogens is 196 g/mol. The van der Waals surface area contributed by atoms with Gasteiger partial charge in [-0.25, -0.2) is 4.98 Å². The van der Waals surface area contributed by atoms with E-state index in [4.69, 9.17) is 0 Å². The third-order valence-corrected chi connectivity index (χ3v) is 2.99. The zero-order chi connectivity index (χ0) is 10.9. The van der Waals surface area contributed by atoms with Crippen LogP contribution in [-0.2, 0) is 5.41 Å². The van der Waals surface area contributed by atoms with E-state index in [1.165, 1.54) is 11.3 Å². The first kappa shape index (κ1) is 11.2. The largest absolute Gasteiger partial charge is 0.354 e. The minimum atomic E-state index is -0.0684. The zero-order valence-electron chi connectivity index (χ0n) is 9.29. The molecule has 1 heterocycles. The lowest BCUT2D eigenvalue weighted by Gasteiger charge is -2.15. The molecule has 0 radical (unpaired) electrons. The topological polar surface area (TPSA) is 33.2 Å². The fraction of sp³-hybridized carbons (Fsp3) is 0.600. The Balaban J connectivity index is 3.22. The van der Waals surface area contributed by atoms with Gasteiger partial charge in [0.1, 0.15) is 0 Å². The second-order valence-electron chi connectivity index (χ2n) is 4.47. The first-order valence-corrected chi connectivity index (χ1v) is 5.31. The van der Waals surface area contributed by atoms with Crippen molar-refractivity contribution in [3.8, 4) is 0 Å². The van der Waals surface area contributed by atoms with E-state index >= 15 is 0 Å². The lowest BCUT2D eigenvalue weighted by molar-refractivity contribution is 0.112. The van der Waals surface area contributed by atoms with E-state index in [1.54, 1.807) is 0 Å². The molecule has 4 heteroatoms. The molecule has 3 nitrogen and oxygen atoms in total. The summed E-state index contributed by atoms with van der Waals surface area (Å²) < 4.78 is 0. The van der Waals surface area contributed by atoms with Gasteiger partial charge in [0, 0.05) is 19.5 Å². The Bertz CT molecular complexity index is 336. The number of aromatic nitrogens is 1. The number of rotatable bonds is 2. The number of carbonyl (C=O) groups is 1. The Morgan fingerprint density at radius 3 is 2.21 bits per heavy atom. The molecule has 0 fully saturated rings. The van der Waals surface area contributed by atoms with Crippen LogP contribution in [0.3, 0.4) is 0 Å². The van der Waals surface area contributed by atoms with E-state index < -0.39 is 0 Å². The molecule has 0 unspecified atom stereocenters. The van der Waals surface area contributed by atoms with Crippen LogP contribution < -0.4 is 4.90 Å². The second kappa shape index (κ2) is 3.69. The highest BCUT2D eigenvalue weighted by Gasteiger charge is 2.23. The van der Waals surface area contributed by atoms with Crippen molar-refractivity contribution in [2.45, 2.75) is 26.2 Å². The van der Waals surface area contributed by atoms with Crippen LogP contribution in [-0.4, -0.2) is 25.4 Å². The third kappa shape index (κ3) is 2.12. The van der Waals surface area contributed by atoms with Crippen LogP contribution in [0.4, 0.5) is 5.13 Å². The molecule has 0 aliphatic carbocycles. The van der Waals surface area contributed by atoms with Crippen molar-refractivity contribution in [3.05, 3.63) is 10.6 Å². The van der Waals surface area contributed by atoms with Crippen molar-refractivity contribution < 1.29 is 4.79 Å². The van der Waals surface area contributed by atoms with Gasteiger partial charge in [-0.15, -0.1) is 0 Å². The van der Waals surface area contributed by atoms with Gasteiger partial charge in [-0.05, 0) is 0 Å². The van der Waals surface area contributed by atoms with Crippen LogP contribution in [0.5, 0.6) is 0 Å². The monoisotopic (exact) mass is 212 g/mol. The number of hydrogen-bond donors (Lipinski definition) is 0. The summed E-state index contributed by atoms with van der Waals surface area (Å²) in [6.07, 6.45) is 0.894. The van der Waals surface area contributed by atoms with E-state index in [0.717, 1.165) is 22.0 Å². The van der Waals surface area contributed by atoms with E-state index in [0.29, 0.717) is 0 Å². The smallest absolute Gasteiger partial charge is 0.185 e. The maximum Gasteiger partial charge on any atom is 0.185 e. The molecule has 0 amide bonds. The maximum absolute atomic E-state index is 10.9. The first-order valence-electron chi connectivity index (χ1n) is 4.50. The van der Waals surface area contributed by atoms with Crippen molar-refractivity contribution in [1.29, 1.82) is 0 Å². The summed E-state index contributed by atoms with van der Waals surface area (Å²) in [5.74, 6) is 0. The van der Waals surface area contributed by atoms with Crippen LogP contribution in [0, 0.1) is 0 Å². The van der Waals surface area contributed by atoms with Gasteiger partial charge in [0.25, 0.3) is 0 Å². The van der Waals surface area contributed by atoms with Gasteiger partial charge in [-0.1, -0.05) is 32.1 Å². The lowest BCUT2D eigenvalue weighted by Crippen LogP contribution is -2.15. The molecule has 78 valence electrons. The fourth-order valence-electron chi connectivity index (χ4n) is 1.13. The predicted octanol–water partition coefficient (Wildman–Crippen LogP) is 2.32. The molecule has 1 aromatic rings. The van der Waals surface area contributed by atoms with Gasteiger partial charge in [0.05, 0.1) is 10.6 Å². The first-order chi connectivity index (χ1) is 6.36. The molecule has 0 aliphatic heterocycles. The standard InChI is InChI=1S/C10H16N2OS/c1-10(2,3)8-7(6-13)14-9(11-8)12(4)5/h6H,1-5H3. The Labute approximate surface area is 88.8 Å². The summed E-state index contributed by atoms with van der Waals surface area (Å²) in [7, 11) is 3.86. The number of carbonyl (C=O) groups excluding carboxylic acids is 1. The van der Waals surface area contributed by atoms with Gasteiger partial charge in [-0.2, -0.15) is 0 Å². The fourth-order valence-corrected chi connectivity index (χ4v) is 2.14. The predicted molar refractivity (Wildman–Crippen MR) is 60.5 cm³/mol. The molecule has 0 atom stereocenters. The minimum Gasteiger partial charge on any atom is -0.354 e. The second-order valence-corrected chi connectivity index (χ2v) is 5.48. The summed E-state index contributed by atoms with van der Waals surface area (Å²) in [6, 6.07) is 0. The van der Waals surface area contributed by atoms with Gasteiger partial charge >= 0.3 is 0 Å². The molecule has 1 rings (SSSR count). The molecule has 0 aromatic carbocycles. The van der Waals surface area contributed by atoms with E-state index in [1.807, 2.05) is 19.0 Å². The van der Waals surface area contributed by atoms with Crippen molar-refractivity contribution in [1.82, 2.24) is 4.98 Å². The van der Waals surface area contributed by atoms with E-state index in [-0.39, 0.29) is 5.41 Å². The molecule has 1 aromatic heterocycles. The molecule has 0 aliphatic rings. The number of aldehydes is 1. The van der Waals surface area contributed by atoms with Crippen molar-refractivity contribution in [2.75, 3.05) is 19.0 Å². The van der Waals surface area contributed by atoms with Crippen LogP contribution in [0.2, 0.25) is 0 Å². The molecule has 14 heavy (non-hydrogen) atoms. The maximum atomic E-state index is 10.9. The molecule has 0 saturated carbocycles. The zero-order valence-corrected chi connectivity index (χ0v) is 10.1. The Morgan fingerprint density at radius 2 is 1.93 bits per heavy atom. The highest BCUT2D eigenvalue weighted by Crippen LogP contribution is 2.31. The molecule has 0 N–H and O–H groups in total. The average Bonchev–Trinajstić information content (AvgIpc) is 2.46. The number of nitrogens with zero attached hydrogens (tertiary/aromatic N) is 2. The Morgan fingerprint density at radius 1 is 1.36 bits per heavy atom. The van der Waals surface area contributed by atoms with Gasteiger partial charge < -0.3 is 4.90 Å². The molecule has 0 bridgehead atoms. The number of hydrogen-bond acceptors (Lipinski definition) is 4. The van der Waals surface area contributed by atoms with Crippen LogP contribution in [0.25, 0.3) is 0 Å². The van der Waals surface area contributed by atoms with Crippen molar-refractivity contribution in [3.63, 3.8) is 0 Å². The van der Waals surface area contributed by atoms with Crippen LogP contribution >= 0.6 is 11.3 Å². The average molecular weight is 212 g/mol. The van der Waals surface area contributed by atoms with E-state index in [9.17, 15) is 4.79 Å². The minimum absolute atomic E-state index is 0.0684. The van der Waals surface area contributed by atoms with Gasteiger partial charge in [0.15, 0.2) is 11.4 Å². The van der Waals surface area contributed by atoms with Crippen molar-refractivity contribution >= 4 is 22.8 Å². The van der Waals surface area contributed by atoms with Crippen LogP contribution in [0.15, 0.2) is 0 Å². The summed E-state index contributed by atoms with van der Waals surface area (Å²) in [6.45, 7) is 6.19. The lowest BCUT2D eigenvalue weighted by atomic mass is 9.91. The highest BCUT2D eigenvalue weighted by molar-refractivity contribution is 7.17. The van der Waals surface area contributed by atoms with Crippen molar-refractivity contribution in [2.24, 2.45) is 0 Å². The Kier molecular flexibility index (Phi) is 2.95. The molecular formula is C10H16N2OS. The summed E-state index contributed by atoms with van der Waals surface area (Å²) >= 11 is 1.44. The Hall–Kier alpha value is -0.900. The van der Waals surface area contributed by atoms with E-state index in [2.05, 4.69) is 25.8 Å². The normalized spacial score (nSPS) is 11.5. The summed E-state index contributed by atoms with van der Waals surface area (Å²) in [5, 5.41) is 0.886. The molecule has 0 saturated heterocycles. The summed E-state index contributed by atoms with van der Waals surface area (Å²) in [5.41, 5.74) is 0.822. The highest BCUT2D eigenvalue weighted by atomic mass is 32.1. The van der Waals surface area contributed by atoms with Gasteiger partial charge in [0.2, 0.25) is 0 Å². The summed E-state index contributed by atoms with van der Waals surface area (Å²) in [4.78, 5) is 18.0. The quantitative estimate of drug-likeness (QED) is 0.705. The molecule has 0 spiro atoms. The number of anilines is 1. The van der Waals surface area contributed by atoms with Gasteiger partial charge in [-0.3, -0.25) is 4.79 Å². The SMILES string of the molecule is CN(C)c1nc(C(C)(C)C)c(C=O)s1. The third-order valence-electron chi connectivity index (χ3n) is 1.84.